The first-order valence-corrected chi connectivity index (χ1v) is 8.78. The lowest BCUT2D eigenvalue weighted by atomic mass is 10.2. The topological polar surface area (TPSA) is 48.9 Å². The number of hydrogen-bond acceptors (Lipinski definition) is 6. The third kappa shape index (κ3) is 3.77. The predicted octanol–water partition coefficient (Wildman–Crippen LogP) is 0.821. The normalized spacial score (nSPS) is 23.8. The first-order valence-electron chi connectivity index (χ1n) is 7.90. The molecule has 2 aliphatic heterocycles. The van der Waals surface area contributed by atoms with Gasteiger partial charge in [0.25, 0.3) is 0 Å². The number of carbonyl (C=O) groups is 1. The van der Waals surface area contributed by atoms with Gasteiger partial charge in [0.15, 0.2) is 5.13 Å². The summed E-state index contributed by atoms with van der Waals surface area (Å²) in [5.41, 5.74) is 1.08. The lowest BCUT2D eigenvalue weighted by Crippen LogP contribution is -2.52. The van der Waals surface area contributed by atoms with Gasteiger partial charge in [-0.15, -0.1) is 11.3 Å². The van der Waals surface area contributed by atoms with Crippen LogP contribution in [0.15, 0.2) is 5.38 Å². The van der Waals surface area contributed by atoms with Gasteiger partial charge >= 0.3 is 0 Å². The second-order valence-corrected chi connectivity index (χ2v) is 6.89. The number of aromatic nitrogens is 1. The van der Waals surface area contributed by atoms with Crippen molar-refractivity contribution in [2.75, 3.05) is 57.3 Å². The quantitative estimate of drug-likeness (QED) is 0.824. The summed E-state index contributed by atoms with van der Waals surface area (Å²) in [5.74, 6) is 0.230. The zero-order valence-corrected chi connectivity index (χ0v) is 14.1. The summed E-state index contributed by atoms with van der Waals surface area (Å²) in [7, 11) is 0. The number of anilines is 1. The van der Waals surface area contributed by atoms with Gasteiger partial charge in [0, 0.05) is 44.6 Å². The minimum Gasteiger partial charge on any atom is -0.375 e. The van der Waals surface area contributed by atoms with Gasteiger partial charge in [-0.1, -0.05) is 0 Å². The highest BCUT2D eigenvalue weighted by molar-refractivity contribution is 7.13. The Morgan fingerprint density at radius 3 is 2.77 bits per heavy atom. The van der Waals surface area contributed by atoms with Crippen LogP contribution in [0.1, 0.15) is 12.6 Å². The number of aryl methyl sites for hydroxylation is 1. The molecule has 0 N–H and O–H groups in total. The van der Waals surface area contributed by atoms with Crippen LogP contribution in [0.25, 0.3) is 0 Å². The van der Waals surface area contributed by atoms with Crippen LogP contribution in [0, 0.1) is 6.92 Å². The van der Waals surface area contributed by atoms with E-state index in [1.807, 2.05) is 18.7 Å². The molecule has 1 atom stereocenters. The number of nitrogens with zero attached hydrogens (tertiary/aromatic N) is 4. The molecule has 0 saturated carbocycles. The van der Waals surface area contributed by atoms with E-state index in [0.717, 1.165) is 50.1 Å². The van der Waals surface area contributed by atoms with Gasteiger partial charge in [-0.05, 0) is 13.8 Å². The van der Waals surface area contributed by atoms with E-state index in [-0.39, 0.29) is 12.0 Å². The molecule has 3 rings (SSSR count). The van der Waals surface area contributed by atoms with Crippen LogP contribution in [0.4, 0.5) is 5.13 Å². The Morgan fingerprint density at radius 1 is 1.36 bits per heavy atom. The van der Waals surface area contributed by atoms with E-state index >= 15 is 0 Å². The van der Waals surface area contributed by atoms with Crippen LogP contribution in [-0.4, -0.2) is 79.2 Å². The third-order valence-electron chi connectivity index (χ3n) is 4.20. The average Bonchev–Trinajstić information content (AvgIpc) is 2.94. The lowest BCUT2D eigenvalue weighted by molar-refractivity contribution is -0.139. The van der Waals surface area contributed by atoms with Crippen LogP contribution in [0.5, 0.6) is 0 Å². The fourth-order valence-corrected chi connectivity index (χ4v) is 3.78. The number of carbonyl (C=O) groups excluding carboxylic acids is 1. The molecule has 1 aromatic rings. The van der Waals surface area contributed by atoms with Crippen molar-refractivity contribution < 1.29 is 9.53 Å². The molecule has 0 spiro atoms. The molecule has 0 aromatic carbocycles. The van der Waals surface area contributed by atoms with Crippen molar-refractivity contribution >= 4 is 22.4 Å². The second-order valence-electron chi connectivity index (χ2n) is 6.06. The second kappa shape index (κ2) is 6.93. The van der Waals surface area contributed by atoms with Crippen molar-refractivity contribution in [3.8, 4) is 0 Å². The van der Waals surface area contributed by atoms with Crippen LogP contribution >= 0.6 is 11.3 Å². The molecule has 122 valence electrons. The van der Waals surface area contributed by atoms with E-state index in [1.54, 1.807) is 11.3 Å². The molecule has 2 fully saturated rings. The Balaban J connectivity index is 1.46. The average molecular weight is 324 g/mol. The highest BCUT2D eigenvalue weighted by atomic mass is 32.1. The summed E-state index contributed by atoms with van der Waals surface area (Å²) in [5, 5.41) is 3.19. The monoisotopic (exact) mass is 324 g/mol. The van der Waals surface area contributed by atoms with E-state index in [9.17, 15) is 4.79 Å². The first-order chi connectivity index (χ1) is 10.6. The van der Waals surface area contributed by atoms with E-state index in [4.69, 9.17) is 4.74 Å². The van der Waals surface area contributed by atoms with Crippen LogP contribution in [-0.2, 0) is 9.53 Å². The number of hydrogen-bond donors (Lipinski definition) is 0. The number of rotatable bonds is 3. The summed E-state index contributed by atoms with van der Waals surface area (Å²) < 4.78 is 5.49. The molecule has 3 heterocycles. The van der Waals surface area contributed by atoms with E-state index in [1.165, 1.54) is 0 Å². The molecule has 0 radical (unpaired) electrons. The molecule has 1 aromatic heterocycles. The number of amides is 1. The van der Waals surface area contributed by atoms with Crippen LogP contribution in [0.3, 0.4) is 0 Å². The Hall–Kier alpha value is -1.18. The Kier molecular flexibility index (Phi) is 4.95. The zero-order chi connectivity index (χ0) is 15.5. The van der Waals surface area contributed by atoms with Crippen molar-refractivity contribution in [1.82, 2.24) is 14.8 Å². The van der Waals surface area contributed by atoms with Gasteiger partial charge in [0.2, 0.25) is 5.91 Å². The van der Waals surface area contributed by atoms with Crippen molar-refractivity contribution in [3.05, 3.63) is 11.1 Å². The smallest absolute Gasteiger partial charge is 0.236 e. The maximum atomic E-state index is 12.4. The number of ether oxygens (including phenoxy) is 1. The highest BCUT2D eigenvalue weighted by Gasteiger charge is 2.25. The third-order valence-corrected chi connectivity index (χ3v) is 5.22. The van der Waals surface area contributed by atoms with Gasteiger partial charge in [-0.25, -0.2) is 4.98 Å². The van der Waals surface area contributed by atoms with Crippen molar-refractivity contribution in [3.63, 3.8) is 0 Å². The lowest BCUT2D eigenvalue weighted by Gasteiger charge is -2.36. The molecule has 2 aliphatic rings. The Morgan fingerprint density at radius 2 is 2.14 bits per heavy atom. The van der Waals surface area contributed by atoms with Gasteiger partial charge < -0.3 is 14.5 Å². The standard InChI is InChI=1S/C15H24N4O2S/c1-12-11-22-15(16-12)18-5-3-17(4-6-18)10-14(20)19-7-8-21-13(2)9-19/h11,13H,3-10H2,1-2H3/t13-/m0/s1. The SMILES string of the molecule is Cc1csc(N2CCN(CC(=O)N3CCO[C@@H](C)C3)CC2)n1. The molecule has 0 bridgehead atoms. The van der Waals surface area contributed by atoms with Crippen molar-refractivity contribution in [1.29, 1.82) is 0 Å². The van der Waals surface area contributed by atoms with Crippen LogP contribution in [0.2, 0.25) is 0 Å². The zero-order valence-electron chi connectivity index (χ0n) is 13.3. The van der Waals surface area contributed by atoms with Gasteiger partial charge in [0.05, 0.1) is 24.9 Å². The fraction of sp³-hybridized carbons (Fsp3) is 0.733. The minimum absolute atomic E-state index is 0.155. The highest BCUT2D eigenvalue weighted by Crippen LogP contribution is 2.21. The molecule has 0 unspecified atom stereocenters. The van der Waals surface area contributed by atoms with E-state index in [2.05, 4.69) is 20.2 Å². The largest absolute Gasteiger partial charge is 0.375 e. The molecular weight excluding hydrogens is 300 g/mol. The minimum atomic E-state index is 0.155. The number of morpholine rings is 1. The van der Waals surface area contributed by atoms with Gasteiger partial charge in [-0.2, -0.15) is 0 Å². The van der Waals surface area contributed by atoms with Crippen molar-refractivity contribution in [2.24, 2.45) is 0 Å². The molecule has 1 amide bonds. The Labute approximate surface area is 135 Å². The molecule has 6 nitrogen and oxygen atoms in total. The van der Waals surface area contributed by atoms with E-state index in [0.29, 0.717) is 13.2 Å². The van der Waals surface area contributed by atoms with Gasteiger partial charge in [0.1, 0.15) is 0 Å². The summed E-state index contributed by atoms with van der Waals surface area (Å²) in [6, 6.07) is 0. The maximum absolute atomic E-state index is 12.4. The molecule has 2 saturated heterocycles. The van der Waals surface area contributed by atoms with E-state index < -0.39 is 0 Å². The summed E-state index contributed by atoms with van der Waals surface area (Å²) in [6.07, 6.45) is 0.155. The maximum Gasteiger partial charge on any atom is 0.236 e. The molecular formula is C15H24N4O2S. The van der Waals surface area contributed by atoms with Crippen LogP contribution < -0.4 is 4.90 Å². The molecule has 7 heteroatoms. The fourth-order valence-electron chi connectivity index (χ4n) is 2.92. The predicted molar refractivity (Wildman–Crippen MR) is 87.5 cm³/mol. The molecule has 22 heavy (non-hydrogen) atoms. The number of thiazole rings is 1. The first kappa shape index (κ1) is 15.7. The Bertz CT molecular complexity index is 513. The van der Waals surface area contributed by atoms with Crippen molar-refractivity contribution in [2.45, 2.75) is 20.0 Å². The summed E-state index contributed by atoms with van der Waals surface area (Å²) in [6.45, 7) is 10.4. The summed E-state index contributed by atoms with van der Waals surface area (Å²) in [4.78, 5) is 23.4. The summed E-state index contributed by atoms with van der Waals surface area (Å²) >= 11 is 1.70. The number of piperazine rings is 1. The van der Waals surface area contributed by atoms with Gasteiger partial charge in [-0.3, -0.25) is 9.69 Å². The molecule has 0 aliphatic carbocycles.